The number of amidine groups is 1. The molecule has 0 saturated heterocycles. The van der Waals surface area contributed by atoms with Gasteiger partial charge in [0.2, 0.25) is 0 Å². The molecule has 20 heavy (non-hydrogen) atoms. The zero-order valence-electron chi connectivity index (χ0n) is 13.0. The van der Waals surface area contributed by atoms with E-state index in [1.165, 1.54) is 75.1 Å². The van der Waals surface area contributed by atoms with Gasteiger partial charge in [-0.3, -0.25) is 4.99 Å². The molecule has 2 fully saturated rings. The third-order valence-corrected chi connectivity index (χ3v) is 7.02. The van der Waals surface area contributed by atoms with Gasteiger partial charge in [0, 0.05) is 18.3 Å². The Morgan fingerprint density at radius 3 is 2.50 bits per heavy atom. The molecule has 0 unspecified atom stereocenters. The Labute approximate surface area is 128 Å². The van der Waals surface area contributed by atoms with E-state index >= 15 is 0 Å². The minimum atomic E-state index is 0.563. The van der Waals surface area contributed by atoms with Gasteiger partial charge in [0.1, 0.15) is 0 Å². The Bertz CT molecular complexity index is 339. The number of thioether (sulfide) groups is 1. The molecule has 2 nitrogen and oxygen atoms in total. The maximum atomic E-state index is 4.91. The highest BCUT2D eigenvalue weighted by Gasteiger charge is 2.35. The zero-order chi connectivity index (χ0) is 13.8. The van der Waals surface area contributed by atoms with Gasteiger partial charge in [-0.2, -0.15) is 0 Å². The van der Waals surface area contributed by atoms with Crippen LogP contribution in [0, 0.1) is 11.3 Å². The Balaban J connectivity index is 1.47. The molecule has 0 atom stereocenters. The van der Waals surface area contributed by atoms with Crippen LogP contribution in [0.2, 0.25) is 0 Å². The molecule has 114 valence electrons. The number of rotatable bonds is 2. The second kappa shape index (κ2) is 6.72. The van der Waals surface area contributed by atoms with Crippen molar-refractivity contribution in [2.75, 3.05) is 12.3 Å². The molecule has 3 aliphatic rings. The average Bonchev–Trinajstić information content (AvgIpc) is 2.52. The van der Waals surface area contributed by atoms with Gasteiger partial charge in [-0.25, -0.2) is 0 Å². The second-order valence-electron chi connectivity index (χ2n) is 7.24. The van der Waals surface area contributed by atoms with Crippen LogP contribution in [-0.2, 0) is 0 Å². The van der Waals surface area contributed by atoms with Crippen LogP contribution in [0.4, 0.5) is 0 Å². The van der Waals surface area contributed by atoms with E-state index in [1.807, 2.05) is 11.8 Å². The Morgan fingerprint density at radius 1 is 1.15 bits per heavy atom. The van der Waals surface area contributed by atoms with Crippen molar-refractivity contribution in [1.29, 1.82) is 0 Å². The maximum Gasteiger partial charge on any atom is 0.156 e. The topological polar surface area (TPSA) is 24.4 Å². The van der Waals surface area contributed by atoms with E-state index in [4.69, 9.17) is 4.99 Å². The normalized spacial score (nSPS) is 33.8. The lowest BCUT2D eigenvalue weighted by Gasteiger charge is -2.39. The lowest BCUT2D eigenvalue weighted by atomic mass is 9.75. The Hall–Kier alpha value is -0.180. The van der Waals surface area contributed by atoms with Gasteiger partial charge in [0.05, 0.1) is 0 Å². The third kappa shape index (κ3) is 3.52. The van der Waals surface area contributed by atoms with Crippen molar-refractivity contribution < 1.29 is 0 Å². The molecule has 1 aliphatic heterocycles. The summed E-state index contributed by atoms with van der Waals surface area (Å²) >= 11 is 2.01. The SMILES string of the molecule is CCC1CCC(NC2=NCC3(CCCCC3)CS2)CC1. The molecule has 0 radical (unpaired) electrons. The van der Waals surface area contributed by atoms with Gasteiger partial charge >= 0.3 is 0 Å². The van der Waals surface area contributed by atoms with E-state index in [-0.39, 0.29) is 0 Å². The van der Waals surface area contributed by atoms with Gasteiger partial charge in [-0.15, -0.1) is 0 Å². The number of aliphatic imine (C=N–C) groups is 1. The van der Waals surface area contributed by atoms with Crippen LogP contribution in [0.15, 0.2) is 4.99 Å². The molecule has 1 spiro atoms. The second-order valence-corrected chi connectivity index (χ2v) is 8.20. The monoisotopic (exact) mass is 294 g/mol. The highest BCUT2D eigenvalue weighted by Crippen LogP contribution is 2.41. The molecule has 0 aromatic heterocycles. The molecule has 1 heterocycles. The molecular weight excluding hydrogens is 264 g/mol. The zero-order valence-corrected chi connectivity index (χ0v) is 13.8. The molecule has 0 amide bonds. The summed E-state index contributed by atoms with van der Waals surface area (Å²) in [7, 11) is 0. The smallest absolute Gasteiger partial charge is 0.156 e. The largest absolute Gasteiger partial charge is 0.362 e. The number of hydrogen-bond donors (Lipinski definition) is 1. The van der Waals surface area contributed by atoms with E-state index < -0.39 is 0 Å². The summed E-state index contributed by atoms with van der Waals surface area (Å²) in [5, 5.41) is 4.99. The van der Waals surface area contributed by atoms with Crippen molar-refractivity contribution in [2.24, 2.45) is 16.3 Å². The lowest BCUT2D eigenvalue weighted by molar-refractivity contribution is 0.232. The summed E-state index contributed by atoms with van der Waals surface area (Å²) < 4.78 is 0. The van der Waals surface area contributed by atoms with E-state index in [9.17, 15) is 0 Å². The van der Waals surface area contributed by atoms with Crippen molar-refractivity contribution >= 4 is 16.9 Å². The van der Waals surface area contributed by atoms with Crippen LogP contribution in [0.25, 0.3) is 0 Å². The third-order valence-electron chi connectivity index (χ3n) is 5.74. The van der Waals surface area contributed by atoms with Crippen molar-refractivity contribution in [1.82, 2.24) is 5.32 Å². The predicted octanol–water partition coefficient (Wildman–Crippen LogP) is 4.60. The van der Waals surface area contributed by atoms with Gasteiger partial charge in [-0.05, 0) is 49.9 Å². The quantitative estimate of drug-likeness (QED) is 0.805. The Kier molecular flexibility index (Phi) is 4.95. The van der Waals surface area contributed by atoms with Gasteiger partial charge < -0.3 is 5.32 Å². The summed E-state index contributed by atoms with van der Waals surface area (Å²) in [5.41, 5.74) is 0.563. The van der Waals surface area contributed by atoms with E-state index in [0.717, 1.165) is 12.5 Å². The van der Waals surface area contributed by atoms with Crippen molar-refractivity contribution in [3.8, 4) is 0 Å². The summed E-state index contributed by atoms with van der Waals surface area (Å²) in [4.78, 5) is 4.91. The minimum absolute atomic E-state index is 0.563. The summed E-state index contributed by atoms with van der Waals surface area (Å²) in [5.74, 6) is 2.29. The molecule has 1 N–H and O–H groups in total. The Morgan fingerprint density at radius 2 is 1.90 bits per heavy atom. The van der Waals surface area contributed by atoms with Crippen molar-refractivity contribution in [2.45, 2.75) is 77.2 Å². The minimum Gasteiger partial charge on any atom is -0.362 e. The van der Waals surface area contributed by atoms with Crippen LogP contribution in [0.3, 0.4) is 0 Å². The van der Waals surface area contributed by atoms with Crippen molar-refractivity contribution in [3.05, 3.63) is 0 Å². The van der Waals surface area contributed by atoms with Crippen LogP contribution >= 0.6 is 11.8 Å². The first-order chi connectivity index (χ1) is 9.80. The highest BCUT2D eigenvalue weighted by atomic mass is 32.2. The summed E-state index contributed by atoms with van der Waals surface area (Å²) in [6.45, 7) is 3.43. The first-order valence-electron chi connectivity index (χ1n) is 8.73. The molecule has 0 aromatic carbocycles. The van der Waals surface area contributed by atoms with Crippen LogP contribution in [-0.4, -0.2) is 23.5 Å². The summed E-state index contributed by atoms with van der Waals surface area (Å²) in [6.07, 6.45) is 14.0. The number of nitrogens with zero attached hydrogens (tertiary/aromatic N) is 1. The number of hydrogen-bond acceptors (Lipinski definition) is 3. The van der Waals surface area contributed by atoms with Crippen molar-refractivity contribution in [3.63, 3.8) is 0 Å². The maximum absolute atomic E-state index is 4.91. The molecule has 3 rings (SSSR count). The molecule has 3 heteroatoms. The first kappa shape index (κ1) is 14.7. The van der Waals surface area contributed by atoms with Gasteiger partial charge in [-0.1, -0.05) is 44.4 Å². The molecular formula is C17H30N2S. The fourth-order valence-corrected chi connectivity index (χ4v) is 5.36. The molecule has 0 aromatic rings. The average molecular weight is 295 g/mol. The van der Waals surface area contributed by atoms with Gasteiger partial charge in [0.25, 0.3) is 0 Å². The molecule has 0 bridgehead atoms. The fraction of sp³-hybridized carbons (Fsp3) is 0.941. The fourth-order valence-electron chi connectivity index (χ4n) is 4.13. The predicted molar refractivity (Wildman–Crippen MR) is 89.5 cm³/mol. The standard InChI is InChI=1S/C17H30N2S/c1-2-14-6-8-15(9-7-14)19-16-18-12-17(13-20-16)10-4-3-5-11-17/h14-15H,2-13H2,1H3,(H,18,19). The van der Waals surface area contributed by atoms with Crippen LogP contribution < -0.4 is 5.32 Å². The first-order valence-corrected chi connectivity index (χ1v) is 9.72. The molecule has 2 aliphatic carbocycles. The van der Waals surface area contributed by atoms with E-state index in [0.29, 0.717) is 11.5 Å². The van der Waals surface area contributed by atoms with E-state index in [2.05, 4.69) is 12.2 Å². The van der Waals surface area contributed by atoms with Crippen LogP contribution in [0.5, 0.6) is 0 Å². The highest BCUT2D eigenvalue weighted by molar-refractivity contribution is 8.13. The summed E-state index contributed by atoms with van der Waals surface area (Å²) in [6, 6.07) is 0.699. The van der Waals surface area contributed by atoms with Gasteiger partial charge in [0.15, 0.2) is 5.17 Å². The van der Waals surface area contributed by atoms with Crippen LogP contribution in [0.1, 0.15) is 71.1 Å². The molecule has 2 saturated carbocycles. The lowest BCUT2D eigenvalue weighted by Crippen LogP contribution is -2.41. The number of nitrogens with one attached hydrogen (secondary N) is 1. The van der Waals surface area contributed by atoms with E-state index in [1.54, 1.807) is 0 Å².